The van der Waals surface area contributed by atoms with Gasteiger partial charge in [0, 0.05) is 16.4 Å². The number of unbranched alkanes of at least 4 members (excludes halogenated alkanes) is 1. The molecule has 0 spiro atoms. The number of halogens is 1. The maximum absolute atomic E-state index is 11.5. The largest absolute Gasteiger partial charge is 0.398 e. The molecule has 0 saturated heterocycles. The van der Waals surface area contributed by atoms with Crippen molar-refractivity contribution < 1.29 is 8.42 Å². The zero-order valence-corrected chi connectivity index (χ0v) is 10.8. The summed E-state index contributed by atoms with van der Waals surface area (Å²) in [6.07, 6.45) is 2.25. The van der Waals surface area contributed by atoms with Crippen LogP contribution in [0.5, 0.6) is 0 Å². The van der Waals surface area contributed by atoms with Gasteiger partial charge in [0.1, 0.15) is 5.25 Å². The van der Waals surface area contributed by atoms with Crippen molar-refractivity contribution in [1.29, 1.82) is 0 Å². The van der Waals surface area contributed by atoms with E-state index in [-0.39, 0.29) is 0 Å². The first-order chi connectivity index (χ1) is 7.46. The van der Waals surface area contributed by atoms with Gasteiger partial charge in [0.05, 0.1) is 0 Å². The van der Waals surface area contributed by atoms with Crippen LogP contribution >= 0.6 is 10.7 Å². The molecule has 1 unspecified atom stereocenters. The summed E-state index contributed by atoms with van der Waals surface area (Å²) in [4.78, 5) is 0. The predicted octanol–water partition coefficient (Wildman–Crippen LogP) is 3.07. The molecule has 2 N–H and O–H groups in total. The van der Waals surface area contributed by atoms with Gasteiger partial charge in [-0.1, -0.05) is 38.0 Å². The molecule has 0 saturated carbocycles. The lowest BCUT2D eigenvalue weighted by atomic mass is 10.1. The summed E-state index contributed by atoms with van der Waals surface area (Å²) in [6, 6.07) is 6.95. The summed E-state index contributed by atoms with van der Waals surface area (Å²) in [5, 5.41) is -0.699. The third-order valence-corrected chi connectivity index (χ3v) is 4.32. The second-order valence-electron chi connectivity index (χ2n) is 3.74. The van der Waals surface area contributed by atoms with E-state index in [0.29, 0.717) is 17.7 Å². The van der Waals surface area contributed by atoms with E-state index >= 15 is 0 Å². The van der Waals surface area contributed by atoms with Gasteiger partial charge < -0.3 is 5.73 Å². The van der Waals surface area contributed by atoms with Gasteiger partial charge in [-0.2, -0.15) is 0 Å². The van der Waals surface area contributed by atoms with Crippen molar-refractivity contribution in [2.75, 3.05) is 5.73 Å². The summed E-state index contributed by atoms with van der Waals surface area (Å²) in [7, 11) is 1.84. The monoisotopic (exact) mass is 261 g/mol. The third kappa shape index (κ3) is 3.39. The van der Waals surface area contributed by atoms with Crippen LogP contribution in [0.1, 0.15) is 37.0 Å². The summed E-state index contributed by atoms with van der Waals surface area (Å²) in [6.45, 7) is 2.01. The maximum Gasteiger partial charge on any atom is 0.239 e. The highest BCUT2D eigenvalue weighted by Crippen LogP contribution is 2.33. The van der Waals surface area contributed by atoms with E-state index in [4.69, 9.17) is 16.4 Å². The van der Waals surface area contributed by atoms with Gasteiger partial charge in [0.25, 0.3) is 0 Å². The van der Waals surface area contributed by atoms with E-state index in [9.17, 15) is 8.42 Å². The van der Waals surface area contributed by atoms with Crippen LogP contribution in [0.4, 0.5) is 5.69 Å². The minimum Gasteiger partial charge on any atom is -0.398 e. The highest BCUT2D eigenvalue weighted by Gasteiger charge is 2.25. The van der Waals surface area contributed by atoms with Crippen LogP contribution < -0.4 is 5.73 Å². The van der Waals surface area contributed by atoms with Crippen molar-refractivity contribution in [3.8, 4) is 0 Å². The van der Waals surface area contributed by atoms with Crippen molar-refractivity contribution >= 4 is 25.4 Å². The van der Waals surface area contributed by atoms with Gasteiger partial charge in [-0.05, 0) is 18.1 Å². The quantitative estimate of drug-likeness (QED) is 0.655. The minimum atomic E-state index is -3.62. The van der Waals surface area contributed by atoms with E-state index < -0.39 is 14.3 Å². The summed E-state index contributed by atoms with van der Waals surface area (Å²) in [5.41, 5.74) is 6.85. The Labute approximate surface area is 101 Å². The average molecular weight is 262 g/mol. The average Bonchev–Trinajstić information content (AvgIpc) is 2.19. The Hall–Kier alpha value is -0.740. The van der Waals surface area contributed by atoms with Crippen LogP contribution in [0.15, 0.2) is 24.3 Å². The van der Waals surface area contributed by atoms with Crippen LogP contribution in [-0.2, 0) is 9.05 Å². The molecule has 0 heterocycles. The summed E-state index contributed by atoms with van der Waals surface area (Å²) >= 11 is 0. The number of rotatable bonds is 5. The first-order valence-electron chi connectivity index (χ1n) is 5.24. The number of para-hydroxylation sites is 1. The Morgan fingerprint density at radius 3 is 2.50 bits per heavy atom. The van der Waals surface area contributed by atoms with Crippen molar-refractivity contribution in [3.63, 3.8) is 0 Å². The lowest BCUT2D eigenvalue weighted by molar-refractivity contribution is 0.583. The fourth-order valence-electron chi connectivity index (χ4n) is 1.64. The molecule has 3 nitrogen and oxygen atoms in total. The van der Waals surface area contributed by atoms with Crippen LogP contribution in [0.3, 0.4) is 0 Å². The smallest absolute Gasteiger partial charge is 0.239 e. The fourth-order valence-corrected chi connectivity index (χ4v) is 3.16. The molecule has 5 heteroatoms. The first-order valence-corrected chi connectivity index (χ1v) is 7.62. The van der Waals surface area contributed by atoms with Crippen molar-refractivity contribution in [2.24, 2.45) is 0 Å². The number of hydrogen-bond donors (Lipinski definition) is 1. The van der Waals surface area contributed by atoms with Gasteiger partial charge in [0.2, 0.25) is 9.05 Å². The second kappa shape index (κ2) is 5.55. The Balaban J connectivity index is 3.07. The van der Waals surface area contributed by atoms with Crippen LogP contribution in [0.2, 0.25) is 0 Å². The molecule has 1 rings (SSSR count). The molecule has 90 valence electrons. The zero-order chi connectivity index (χ0) is 12.2. The zero-order valence-electron chi connectivity index (χ0n) is 9.19. The van der Waals surface area contributed by atoms with Gasteiger partial charge in [-0.15, -0.1) is 0 Å². The number of nitrogen functional groups attached to an aromatic ring is 1. The molecule has 1 aromatic carbocycles. The molecular weight excluding hydrogens is 246 g/mol. The molecule has 1 atom stereocenters. The van der Waals surface area contributed by atoms with E-state index in [2.05, 4.69) is 0 Å². The molecule has 0 bridgehead atoms. The van der Waals surface area contributed by atoms with Gasteiger partial charge in [-0.25, -0.2) is 8.42 Å². The van der Waals surface area contributed by atoms with E-state index in [1.165, 1.54) is 0 Å². The molecule has 0 fully saturated rings. The molecule has 0 amide bonds. The maximum atomic E-state index is 11.5. The number of hydrogen-bond acceptors (Lipinski definition) is 3. The topological polar surface area (TPSA) is 60.2 Å². The molecule has 0 aliphatic rings. The molecule has 16 heavy (non-hydrogen) atoms. The SMILES string of the molecule is CCCCC(c1ccccc1N)S(=O)(=O)Cl. The van der Waals surface area contributed by atoms with Crippen LogP contribution in [0.25, 0.3) is 0 Å². The Bertz CT molecular complexity index is 445. The lowest BCUT2D eigenvalue weighted by Crippen LogP contribution is -2.10. The molecule has 0 aliphatic heterocycles. The second-order valence-corrected chi connectivity index (χ2v) is 6.55. The normalized spacial score (nSPS) is 13.6. The van der Waals surface area contributed by atoms with E-state index in [0.717, 1.165) is 12.8 Å². The van der Waals surface area contributed by atoms with Crippen LogP contribution in [-0.4, -0.2) is 8.42 Å². The first kappa shape index (κ1) is 13.3. The minimum absolute atomic E-state index is 0.479. The van der Waals surface area contributed by atoms with Gasteiger partial charge >= 0.3 is 0 Å². The number of benzene rings is 1. The predicted molar refractivity (Wildman–Crippen MR) is 67.9 cm³/mol. The fraction of sp³-hybridized carbons (Fsp3) is 0.455. The molecule has 1 aromatic rings. The van der Waals surface area contributed by atoms with Crippen LogP contribution in [0, 0.1) is 0 Å². The lowest BCUT2D eigenvalue weighted by Gasteiger charge is -2.15. The summed E-state index contributed by atoms with van der Waals surface area (Å²) in [5.74, 6) is 0. The van der Waals surface area contributed by atoms with Crippen molar-refractivity contribution in [2.45, 2.75) is 31.4 Å². The van der Waals surface area contributed by atoms with Gasteiger partial charge in [0.15, 0.2) is 0 Å². The van der Waals surface area contributed by atoms with E-state index in [1.807, 2.05) is 6.92 Å². The molecule has 0 radical (unpaired) electrons. The Morgan fingerprint density at radius 1 is 1.38 bits per heavy atom. The number of nitrogens with two attached hydrogens (primary N) is 1. The molecule has 0 aromatic heterocycles. The number of anilines is 1. The van der Waals surface area contributed by atoms with E-state index in [1.54, 1.807) is 24.3 Å². The van der Waals surface area contributed by atoms with Gasteiger partial charge in [-0.3, -0.25) is 0 Å². The summed E-state index contributed by atoms with van der Waals surface area (Å²) < 4.78 is 23.0. The van der Waals surface area contributed by atoms with Crippen molar-refractivity contribution in [3.05, 3.63) is 29.8 Å². The van der Waals surface area contributed by atoms with Crippen molar-refractivity contribution in [1.82, 2.24) is 0 Å². The Kier molecular flexibility index (Phi) is 4.62. The molecule has 0 aliphatic carbocycles. The highest BCUT2D eigenvalue weighted by molar-refractivity contribution is 8.13. The molecular formula is C11H16ClNO2S. The third-order valence-electron chi connectivity index (χ3n) is 2.50. The highest BCUT2D eigenvalue weighted by atomic mass is 35.7. The standard InChI is InChI=1S/C11H16ClNO2S/c1-2-3-8-11(16(12,14)15)9-6-4-5-7-10(9)13/h4-7,11H,2-3,8,13H2,1H3. The Morgan fingerprint density at radius 2 is 2.00 bits per heavy atom.